The Hall–Kier alpha value is -1.06. The van der Waals surface area contributed by atoms with Crippen molar-refractivity contribution in [1.29, 1.82) is 0 Å². The molecule has 0 spiro atoms. The number of hydrogen-bond acceptors (Lipinski definition) is 2. The molecule has 4 heteroatoms. The molecule has 0 saturated heterocycles. The lowest BCUT2D eigenvalue weighted by atomic mass is 9.95. The number of nitrogens with zero attached hydrogens (tertiary/aromatic N) is 2. The van der Waals surface area contributed by atoms with Gasteiger partial charge in [-0.05, 0) is 30.9 Å². The number of imidazole rings is 1. The van der Waals surface area contributed by atoms with Crippen LogP contribution in [0.3, 0.4) is 0 Å². The van der Waals surface area contributed by atoms with Crippen molar-refractivity contribution in [2.75, 3.05) is 6.54 Å². The third kappa shape index (κ3) is 2.15. The lowest BCUT2D eigenvalue weighted by Gasteiger charge is -2.20. The van der Waals surface area contributed by atoms with Crippen molar-refractivity contribution in [1.82, 2.24) is 9.55 Å². The number of nitrogens with two attached hydrogens (primary N) is 1. The number of hydrogen-bond donors (Lipinski definition) is 1. The number of aromatic nitrogens is 2. The van der Waals surface area contributed by atoms with Crippen molar-refractivity contribution >= 4 is 22.6 Å². The molecule has 1 aromatic carbocycles. The number of para-hydroxylation sites is 1. The van der Waals surface area contributed by atoms with Gasteiger partial charge in [-0.25, -0.2) is 4.98 Å². The maximum absolute atomic E-state index is 6.38. The van der Waals surface area contributed by atoms with E-state index in [1.807, 2.05) is 18.2 Å². The van der Waals surface area contributed by atoms with Crippen molar-refractivity contribution in [2.24, 2.45) is 11.7 Å². The van der Waals surface area contributed by atoms with E-state index in [4.69, 9.17) is 22.3 Å². The summed E-state index contributed by atoms with van der Waals surface area (Å²) in [6, 6.07) is 6.51. The van der Waals surface area contributed by atoms with E-state index in [0.29, 0.717) is 24.4 Å². The summed E-state index contributed by atoms with van der Waals surface area (Å²) in [4.78, 5) is 4.83. The van der Waals surface area contributed by atoms with Gasteiger partial charge in [-0.1, -0.05) is 31.5 Å². The molecule has 2 N–H and O–H groups in total. The minimum Gasteiger partial charge on any atom is -0.330 e. The minimum absolute atomic E-state index is 0.295. The van der Waals surface area contributed by atoms with Crippen molar-refractivity contribution in [3.8, 4) is 0 Å². The molecule has 1 aromatic heterocycles. The first-order valence-corrected chi connectivity index (χ1v) is 7.37. The Kier molecular flexibility index (Phi) is 3.27. The molecule has 0 aliphatic heterocycles. The summed E-state index contributed by atoms with van der Waals surface area (Å²) < 4.78 is 2.34. The van der Waals surface area contributed by atoms with E-state index in [0.717, 1.165) is 21.9 Å². The van der Waals surface area contributed by atoms with Gasteiger partial charge in [0.1, 0.15) is 5.82 Å². The fourth-order valence-corrected chi connectivity index (χ4v) is 3.02. The van der Waals surface area contributed by atoms with Gasteiger partial charge in [0.2, 0.25) is 0 Å². The molecule has 2 aromatic rings. The van der Waals surface area contributed by atoms with Crippen LogP contribution in [0.25, 0.3) is 11.0 Å². The Morgan fingerprint density at radius 3 is 2.74 bits per heavy atom. The molecule has 1 heterocycles. The van der Waals surface area contributed by atoms with Gasteiger partial charge in [-0.2, -0.15) is 0 Å². The highest BCUT2D eigenvalue weighted by molar-refractivity contribution is 6.35. The largest absolute Gasteiger partial charge is 0.330 e. The zero-order valence-corrected chi connectivity index (χ0v) is 12.2. The second kappa shape index (κ2) is 4.80. The molecule has 19 heavy (non-hydrogen) atoms. The number of halogens is 1. The van der Waals surface area contributed by atoms with Gasteiger partial charge in [0.25, 0.3) is 0 Å². The molecule has 1 unspecified atom stereocenters. The van der Waals surface area contributed by atoms with Crippen LogP contribution in [0.5, 0.6) is 0 Å². The van der Waals surface area contributed by atoms with Crippen molar-refractivity contribution in [3.05, 3.63) is 29.0 Å². The zero-order chi connectivity index (χ0) is 13.6. The molecule has 0 bridgehead atoms. The Morgan fingerprint density at radius 1 is 1.42 bits per heavy atom. The van der Waals surface area contributed by atoms with Crippen LogP contribution in [0.2, 0.25) is 5.02 Å². The van der Waals surface area contributed by atoms with Gasteiger partial charge in [-0.3, -0.25) is 0 Å². The van der Waals surface area contributed by atoms with Crippen LogP contribution in [0, 0.1) is 5.92 Å². The summed E-state index contributed by atoms with van der Waals surface area (Å²) in [6.07, 6.45) is 2.44. The second-order valence-electron chi connectivity index (χ2n) is 5.76. The number of fused-ring (bicyclic) bond motifs is 1. The lowest BCUT2D eigenvalue weighted by Crippen LogP contribution is -2.21. The lowest BCUT2D eigenvalue weighted by molar-refractivity contribution is 0.464. The molecular formula is C15H20ClN3. The predicted octanol–water partition coefficient (Wildman–Crippen LogP) is 3.72. The normalized spacial score (nSPS) is 17.3. The van der Waals surface area contributed by atoms with Gasteiger partial charge in [0.15, 0.2) is 0 Å². The molecule has 1 saturated carbocycles. The van der Waals surface area contributed by atoms with E-state index in [-0.39, 0.29) is 0 Å². The maximum Gasteiger partial charge on any atom is 0.114 e. The summed E-state index contributed by atoms with van der Waals surface area (Å²) in [5.74, 6) is 1.89. The highest BCUT2D eigenvalue weighted by atomic mass is 35.5. The average molecular weight is 278 g/mol. The molecule has 0 radical (unpaired) electrons. The molecule has 102 valence electrons. The Morgan fingerprint density at radius 2 is 2.16 bits per heavy atom. The monoisotopic (exact) mass is 277 g/mol. The standard InChI is InChI=1S/C15H20ClN3/c1-9(2)11(8-17)15-18-13-5-3-4-12(16)14(13)19(15)10-6-7-10/h3-5,9-11H,6-8,17H2,1-2H3. The van der Waals surface area contributed by atoms with Gasteiger partial charge in [-0.15, -0.1) is 0 Å². The van der Waals surface area contributed by atoms with E-state index in [9.17, 15) is 0 Å². The summed E-state index contributed by atoms with van der Waals surface area (Å²) in [5, 5.41) is 0.794. The Labute approximate surface area is 118 Å². The fraction of sp³-hybridized carbons (Fsp3) is 0.533. The summed E-state index contributed by atoms with van der Waals surface area (Å²) in [7, 11) is 0. The van der Waals surface area contributed by atoms with Crippen LogP contribution in [0.4, 0.5) is 0 Å². The molecule has 1 aliphatic carbocycles. The first kappa shape index (κ1) is 12.9. The molecule has 3 rings (SSSR count). The highest BCUT2D eigenvalue weighted by Crippen LogP contribution is 2.42. The molecule has 1 fully saturated rings. The van der Waals surface area contributed by atoms with Crippen LogP contribution in [-0.2, 0) is 0 Å². The molecule has 1 aliphatic rings. The highest BCUT2D eigenvalue weighted by Gasteiger charge is 2.32. The Balaban J connectivity index is 2.23. The van der Waals surface area contributed by atoms with E-state index in [2.05, 4.69) is 18.4 Å². The summed E-state index contributed by atoms with van der Waals surface area (Å²) >= 11 is 6.38. The third-order valence-corrected chi connectivity index (χ3v) is 4.30. The van der Waals surface area contributed by atoms with Crippen molar-refractivity contribution in [2.45, 2.75) is 38.6 Å². The van der Waals surface area contributed by atoms with Crippen LogP contribution in [0.1, 0.15) is 44.5 Å². The van der Waals surface area contributed by atoms with Gasteiger partial charge >= 0.3 is 0 Å². The number of benzene rings is 1. The molecular weight excluding hydrogens is 258 g/mol. The maximum atomic E-state index is 6.38. The summed E-state index contributed by atoms with van der Waals surface area (Å²) in [6.45, 7) is 5.04. The van der Waals surface area contributed by atoms with Gasteiger partial charge in [0.05, 0.1) is 16.1 Å². The summed E-state index contributed by atoms with van der Waals surface area (Å²) in [5.41, 5.74) is 8.05. The topological polar surface area (TPSA) is 43.8 Å². The van der Waals surface area contributed by atoms with Crippen LogP contribution in [-0.4, -0.2) is 16.1 Å². The smallest absolute Gasteiger partial charge is 0.114 e. The van der Waals surface area contributed by atoms with E-state index < -0.39 is 0 Å². The molecule has 0 amide bonds. The van der Waals surface area contributed by atoms with Gasteiger partial charge < -0.3 is 10.3 Å². The third-order valence-electron chi connectivity index (χ3n) is 3.99. The SMILES string of the molecule is CC(C)C(CN)c1nc2cccc(Cl)c2n1C1CC1. The van der Waals surface area contributed by atoms with E-state index in [1.54, 1.807) is 0 Å². The second-order valence-corrected chi connectivity index (χ2v) is 6.17. The Bertz CT molecular complexity index is 599. The van der Waals surface area contributed by atoms with Crippen molar-refractivity contribution in [3.63, 3.8) is 0 Å². The minimum atomic E-state index is 0.295. The van der Waals surface area contributed by atoms with Crippen molar-refractivity contribution < 1.29 is 0 Å². The first-order chi connectivity index (χ1) is 9.13. The van der Waals surface area contributed by atoms with Crippen LogP contribution >= 0.6 is 11.6 Å². The van der Waals surface area contributed by atoms with Crippen LogP contribution in [0.15, 0.2) is 18.2 Å². The number of rotatable bonds is 4. The zero-order valence-electron chi connectivity index (χ0n) is 11.4. The molecule has 1 atom stereocenters. The van der Waals surface area contributed by atoms with Crippen LogP contribution < -0.4 is 5.73 Å². The first-order valence-electron chi connectivity index (χ1n) is 7.00. The van der Waals surface area contributed by atoms with E-state index >= 15 is 0 Å². The predicted molar refractivity (Wildman–Crippen MR) is 79.6 cm³/mol. The van der Waals surface area contributed by atoms with E-state index in [1.165, 1.54) is 12.8 Å². The average Bonchev–Trinajstić information content (AvgIpc) is 3.12. The quantitative estimate of drug-likeness (QED) is 0.925. The fourth-order valence-electron chi connectivity index (χ4n) is 2.76. The molecule has 3 nitrogen and oxygen atoms in total. The van der Waals surface area contributed by atoms with Gasteiger partial charge in [0, 0.05) is 18.5 Å².